The van der Waals surface area contributed by atoms with Gasteiger partial charge in [0.1, 0.15) is 6.20 Å². The van der Waals surface area contributed by atoms with Gasteiger partial charge < -0.3 is 5.73 Å². The van der Waals surface area contributed by atoms with E-state index in [1.807, 2.05) is 0 Å². The van der Waals surface area contributed by atoms with Gasteiger partial charge in [-0.05, 0) is 0 Å². The third-order valence-corrected chi connectivity index (χ3v) is 1.42. The molecule has 0 bridgehead atoms. The van der Waals surface area contributed by atoms with Gasteiger partial charge in [-0.15, -0.1) is 0 Å². The first-order valence-corrected chi connectivity index (χ1v) is 3.56. The van der Waals surface area contributed by atoms with Crippen LogP contribution in [0.3, 0.4) is 0 Å². The number of rotatable bonds is 3. The average Bonchev–Trinajstić information content (AvgIpc) is 2.08. The fourth-order valence-electron chi connectivity index (χ4n) is 0.837. The van der Waals surface area contributed by atoms with Crippen LogP contribution in [0.5, 0.6) is 0 Å². The summed E-state index contributed by atoms with van der Waals surface area (Å²) in [5, 5.41) is 10.3. The Morgan fingerprint density at radius 3 is 2.92 bits per heavy atom. The Kier molecular flexibility index (Phi) is 2.70. The fourth-order valence-corrected chi connectivity index (χ4v) is 0.837. The first-order valence-electron chi connectivity index (χ1n) is 3.56. The summed E-state index contributed by atoms with van der Waals surface area (Å²) in [5.74, 6) is 0. The van der Waals surface area contributed by atoms with E-state index in [0.717, 1.165) is 17.0 Å². The average molecular weight is 184 g/mol. The largest absolute Gasteiger partial charge is 0.348 e. The van der Waals surface area contributed by atoms with Gasteiger partial charge in [0.15, 0.2) is 0 Å². The van der Waals surface area contributed by atoms with E-state index in [2.05, 4.69) is 4.98 Å². The highest BCUT2D eigenvalue weighted by Crippen LogP contribution is 2.03. The molecule has 0 aliphatic heterocycles. The maximum Gasteiger partial charge on any atom is 0.348 e. The minimum atomic E-state index is -0.612. The van der Waals surface area contributed by atoms with Crippen LogP contribution in [0.15, 0.2) is 17.2 Å². The monoisotopic (exact) mass is 184 g/mol. The molecule has 0 aromatic carbocycles. The number of hydrogen-bond acceptors (Lipinski definition) is 5. The Morgan fingerprint density at radius 2 is 2.38 bits per heavy atom. The Hall–Kier alpha value is -1.76. The zero-order chi connectivity index (χ0) is 9.84. The lowest BCUT2D eigenvalue weighted by atomic mass is 10.5. The van der Waals surface area contributed by atoms with Crippen molar-refractivity contribution in [3.8, 4) is 0 Å². The molecule has 2 N–H and O–H groups in total. The third kappa shape index (κ3) is 2.09. The van der Waals surface area contributed by atoms with Gasteiger partial charge in [-0.2, -0.15) is 4.98 Å². The molecule has 0 spiro atoms. The van der Waals surface area contributed by atoms with E-state index >= 15 is 0 Å². The molecule has 0 unspecified atom stereocenters. The van der Waals surface area contributed by atoms with Crippen LogP contribution >= 0.6 is 0 Å². The summed E-state index contributed by atoms with van der Waals surface area (Å²) in [6, 6.07) is 0. The summed E-state index contributed by atoms with van der Waals surface area (Å²) >= 11 is 0. The van der Waals surface area contributed by atoms with E-state index < -0.39 is 10.6 Å². The molecule has 0 fully saturated rings. The van der Waals surface area contributed by atoms with Gasteiger partial charge in [-0.1, -0.05) is 0 Å². The van der Waals surface area contributed by atoms with Gasteiger partial charge in [0.25, 0.3) is 0 Å². The van der Waals surface area contributed by atoms with Crippen molar-refractivity contribution in [2.24, 2.45) is 5.73 Å². The van der Waals surface area contributed by atoms with Crippen molar-refractivity contribution in [1.82, 2.24) is 9.55 Å². The second kappa shape index (κ2) is 3.76. The molecule has 0 saturated carbocycles. The lowest BCUT2D eigenvalue weighted by Gasteiger charge is -2.00. The first kappa shape index (κ1) is 9.33. The first-order chi connectivity index (χ1) is 6.15. The van der Waals surface area contributed by atoms with E-state index in [-0.39, 0.29) is 18.8 Å². The van der Waals surface area contributed by atoms with E-state index in [4.69, 9.17) is 5.73 Å². The Labute approximate surface area is 73.0 Å². The Morgan fingerprint density at radius 1 is 1.69 bits per heavy atom. The molecule has 0 amide bonds. The smallest absolute Gasteiger partial charge is 0.329 e. The number of nitrogens with zero attached hydrogens (tertiary/aromatic N) is 3. The zero-order valence-electron chi connectivity index (χ0n) is 6.71. The molecule has 0 atom stereocenters. The van der Waals surface area contributed by atoms with Crippen molar-refractivity contribution in [3.63, 3.8) is 0 Å². The van der Waals surface area contributed by atoms with Crippen molar-refractivity contribution in [1.29, 1.82) is 0 Å². The van der Waals surface area contributed by atoms with Crippen molar-refractivity contribution in [2.45, 2.75) is 6.54 Å². The summed E-state index contributed by atoms with van der Waals surface area (Å²) in [6.07, 6.45) is 2.05. The van der Waals surface area contributed by atoms with Gasteiger partial charge in [-0.25, -0.2) is 4.79 Å². The van der Waals surface area contributed by atoms with Gasteiger partial charge in [-0.3, -0.25) is 14.7 Å². The standard InChI is InChI=1S/C6H8N4O3/c7-1-2-9-4-5(10(12)13)3-8-6(9)11/h3-4H,1-2,7H2. The number of nitro groups is 1. The van der Waals surface area contributed by atoms with Crippen LogP contribution in [0.1, 0.15) is 0 Å². The molecule has 0 saturated heterocycles. The maximum absolute atomic E-state index is 11.0. The van der Waals surface area contributed by atoms with Crippen molar-refractivity contribution < 1.29 is 4.92 Å². The van der Waals surface area contributed by atoms with Crippen LogP contribution in [0.2, 0.25) is 0 Å². The molecule has 70 valence electrons. The molecule has 7 nitrogen and oxygen atoms in total. The molecule has 1 rings (SSSR count). The normalized spacial score (nSPS) is 9.92. The quantitative estimate of drug-likeness (QED) is 0.484. The van der Waals surface area contributed by atoms with Crippen molar-refractivity contribution in [2.75, 3.05) is 6.54 Å². The van der Waals surface area contributed by atoms with Crippen LogP contribution < -0.4 is 11.4 Å². The lowest BCUT2D eigenvalue weighted by molar-refractivity contribution is -0.385. The van der Waals surface area contributed by atoms with Gasteiger partial charge in [0.05, 0.1) is 11.1 Å². The highest BCUT2D eigenvalue weighted by Gasteiger charge is 2.07. The predicted octanol–water partition coefficient (Wildman–Crippen LogP) is -0.890. The van der Waals surface area contributed by atoms with E-state index in [1.54, 1.807) is 0 Å². The molecule has 0 radical (unpaired) electrons. The van der Waals surface area contributed by atoms with E-state index in [0.29, 0.717) is 0 Å². The molecule has 7 heteroatoms. The SMILES string of the molecule is NCCn1cc([N+](=O)[O-])cnc1=O. The summed E-state index contributed by atoms with van der Waals surface area (Å²) in [5.41, 5.74) is 4.45. The minimum Gasteiger partial charge on any atom is -0.329 e. The minimum absolute atomic E-state index is 0.215. The van der Waals surface area contributed by atoms with E-state index in [9.17, 15) is 14.9 Å². The van der Waals surface area contributed by atoms with Gasteiger partial charge in [0.2, 0.25) is 0 Å². The second-order valence-corrected chi connectivity index (χ2v) is 2.33. The topological polar surface area (TPSA) is 104 Å². The molecular weight excluding hydrogens is 176 g/mol. The van der Waals surface area contributed by atoms with Crippen molar-refractivity contribution in [3.05, 3.63) is 33.0 Å². The molecule has 0 aliphatic carbocycles. The number of hydrogen-bond donors (Lipinski definition) is 1. The van der Waals surface area contributed by atoms with E-state index in [1.165, 1.54) is 0 Å². The molecule has 1 aromatic rings. The summed E-state index contributed by atoms with van der Waals surface area (Å²) < 4.78 is 1.11. The molecule has 1 aromatic heterocycles. The van der Waals surface area contributed by atoms with Crippen LogP contribution in [0.25, 0.3) is 0 Å². The second-order valence-electron chi connectivity index (χ2n) is 2.33. The van der Waals surface area contributed by atoms with Crippen molar-refractivity contribution >= 4 is 5.69 Å². The van der Waals surface area contributed by atoms with Gasteiger partial charge in [0, 0.05) is 13.1 Å². The van der Waals surface area contributed by atoms with Crippen LogP contribution in [-0.2, 0) is 6.54 Å². The number of aromatic nitrogens is 2. The predicted molar refractivity (Wildman–Crippen MR) is 44.2 cm³/mol. The molecule has 1 heterocycles. The van der Waals surface area contributed by atoms with Gasteiger partial charge >= 0.3 is 11.4 Å². The van der Waals surface area contributed by atoms with Crippen LogP contribution in [0, 0.1) is 10.1 Å². The summed E-state index contributed by atoms with van der Waals surface area (Å²) in [7, 11) is 0. The molecule has 0 aliphatic rings. The van der Waals surface area contributed by atoms with Crippen LogP contribution in [0.4, 0.5) is 5.69 Å². The summed E-state index contributed by atoms with van der Waals surface area (Å²) in [6.45, 7) is 0.469. The maximum atomic E-state index is 11.0. The fraction of sp³-hybridized carbons (Fsp3) is 0.333. The summed E-state index contributed by atoms with van der Waals surface area (Å²) in [4.78, 5) is 24.0. The lowest BCUT2D eigenvalue weighted by Crippen LogP contribution is -2.25. The highest BCUT2D eigenvalue weighted by molar-refractivity contribution is 5.20. The Bertz CT molecular complexity index is 372. The molecule has 13 heavy (non-hydrogen) atoms. The Balaban J connectivity index is 3.11. The number of nitrogens with two attached hydrogens (primary N) is 1. The van der Waals surface area contributed by atoms with Crippen LogP contribution in [-0.4, -0.2) is 21.0 Å². The third-order valence-electron chi connectivity index (χ3n) is 1.42. The highest BCUT2D eigenvalue weighted by atomic mass is 16.6. The molecular formula is C6H8N4O3. The zero-order valence-corrected chi connectivity index (χ0v) is 6.71.